The minimum Gasteiger partial charge on any atom is -0.500 e. The zero-order valence-electron chi connectivity index (χ0n) is 57.2. The molecule has 508 valence electrons. The fourth-order valence-electron chi connectivity index (χ4n) is 12.4. The van der Waals surface area contributed by atoms with Gasteiger partial charge in [0.1, 0.15) is 11.2 Å². The van der Waals surface area contributed by atoms with Crippen molar-refractivity contribution in [3.63, 3.8) is 0 Å². The van der Waals surface area contributed by atoms with Gasteiger partial charge < -0.3 is 44.2 Å². The third-order valence-electron chi connectivity index (χ3n) is 17.3. The summed E-state index contributed by atoms with van der Waals surface area (Å²) in [6.45, 7) is 10.4. The molecule has 101 heavy (non-hydrogen) atoms. The second kappa shape index (κ2) is 35.5. The fourth-order valence-corrected chi connectivity index (χ4v) is 12.4. The van der Waals surface area contributed by atoms with Gasteiger partial charge in [0, 0.05) is 109 Å². The maximum absolute atomic E-state index is 7.57. The van der Waals surface area contributed by atoms with E-state index in [9.17, 15) is 0 Å². The van der Waals surface area contributed by atoms with Crippen molar-refractivity contribution in [2.24, 2.45) is 0 Å². The number of nitrogens with zero attached hydrogens (tertiary/aromatic N) is 4. The van der Waals surface area contributed by atoms with Crippen molar-refractivity contribution < 1.29 is 69.5 Å². The number of aliphatic hydroxyl groups is 4. The largest absolute Gasteiger partial charge is 0.500 e. The van der Waals surface area contributed by atoms with Gasteiger partial charge >= 0.3 is 0 Å². The molecule has 18 aromatic rings. The van der Waals surface area contributed by atoms with Crippen LogP contribution in [0.25, 0.3) is 154 Å². The zero-order valence-corrected chi connectivity index (χ0v) is 62.0. The normalized spacial score (nSPS) is 10.5. The van der Waals surface area contributed by atoms with Gasteiger partial charge in [-0.1, -0.05) is 176 Å². The van der Waals surface area contributed by atoms with E-state index in [0.717, 1.165) is 105 Å². The van der Waals surface area contributed by atoms with Crippen LogP contribution in [-0.2, 0) is 40.2 Å². The summed E-state index contributed by atoms with van der Waals surface area (Å²) < 4.78 is 12.5. The summed E-state index contributed by atoms with van der Waals surface area (Å²) in [6, 6.07) is 95.9. The van der Waals surface area contributed by atoms with E-state index < -0.39 is 0 Å². The zero-order chi connectivity index (χ0) is 69.4. The molecule has 0 spiro atoms. The first-order valence-corrected chi connectivity index (χ1v) is 32.6. The summed E-state index contributed by atoms with van der Waals surface area (Å²) in [7, 11) is 3.00. The number of pyridine rings is 4. The Morgan fingerprint density at radius 2 is 0.564 bits per heavy atom. The number of fused-ring (bicyclic) bond motifs is 18. The van der Waals surface area contributed by atoms with Crippen LogP contribution in [-0.4, -0.2) is 68.3 Å². The molecular weight excluding hydrogens is 1610 g/mol. The molecule has 2 radical (unpaired) electrons. The van der Waals surface area contributed by atoms with Crippen molar-refractivity contribution in [2.45, 2.75) is 34.6 Å². The molecule has 0 fully saturated rings. The number of aliphatic hydroxyl groups excluding tert-OH is 4. The fraction of sp³-hybridized carbons (Fsp3) is 0.101. The molecule has 18 rings (SSSR count). The maximum atomic E-state index is 7.57. The van der Waals surface area contributed by atoms with Gasteiger partial charge in [0.05, 0.1) is 16.9 Å². The van der Waals surface area contributed by atoms with E-state index in [2.05, 4.69) is 224 Å². The molecule has 0 saturated heterocycles. The smallest absolute Gasteiger partial charge is 0.121 e. The molecule has 0 amide bonds. The number of benzene rings is 12. The first-order valence-electron chi connectivity index (χ1n) is 32.6. The quantitative estimate of drug-likeness (QED) is 0.0987. The molecule has 4 N–H and O–H groups in total. The minimum atomic E-state index is 0. The first-order chi connectivity index (χ1) is 48.7. The van der Waals surface area contributed by atoms with Crippen LogP contribution in [0.4, 0.5) is 0 Å². The predicted molar refractivity (Wildman–Crippen MR) is 411 cm³/mol. The number of hydrogen-bond donors (Lipinski definition) is 4. The van der Waals surface area contributed by atoms with Crippen LogP contribution in [0.15, 0.2) is 282 Å². The van der Waals surface area contributed by atoms with Gasteiger partial charge in [-0.15, -0.1) is 82.4 Å². The van der Waals surface area contributed by atoms with Crippen LogP contribution in [0, 0.1) is 45.9 Å². The summed E-state index contributed by atoms with van der Waals surface area (Å²) in [5.74, 6) is 0. The summed E-state index contributed by atoms with van der Waals surface area (Å²) in [6.07, 6.45) is 7.25. The van der Waals surface area contributed by atoms with Crippen molar-refractivity contribution in [3.8, 4) is 45.0 Å². The average molecular weight is 1680 g/mol. The molecule has 0 saturated carbocycles. The Morgan fingerprint density at radius 3 is 0.891 bits per heavy atom. The molecule has 0 unspecified atom stereocenters. The minimum absolute atomic E-state index is 0. The SMILES string of the molecule is CCO.CO.CO.CO.Cc1c[c-]c(-c2ccccn2)cc1C.Cc1ccc(-c2ccccn2)cc1C.[Ir].[Ir].[c-]1cc2oc3cc4c5ccccc5c5ccccc5c4cc3c2cc1-c1ccccn1.[c-]1cc2oc3cc4c5ccccc5c5ccccc5c4cc3c2cc1-c1ccccn1. The molecule has 0 aliphatic heterocycles. The van der Waals surface area contributed by atoms with E-state index in [4.69, 9.17) is 29.3 Å². The number of rotatable bonds is 4. The summed E-state index contributed by atoms with van der Waals surface area (Å²) in [5, 5.41) is 48.0. The predicted octanol–water partition coefficient (Wildman–Crippen LogP) is 21.2. The van der Waals surface area contributed by atoms with E-state index in [0.29, 0.717) is 0 Å². The third-order valence-corrected chi connectivity index (χ3v) is 17.3. The monoisotopic (exact) mass is 1680 g/mol. The molecule has 6 aromatic heterocycles. The van der Waals surface area contributed by atoms with Crippen molar-refractivity contribution in [2.75, 3.05) is 27.9 Å². The molecule has 12 aromatic carbocycles. The number of furan rings is 2. The van der Waals surface area contributed by atoms with Gasteiger partial charge in [0.25, 0.3) is 0 Å². The van der Waals surface area contributed by atoms with Crippen LogP contribution in [0.1, 0.15) is 29.2 Å². The van der Waals surface area contributed by atoms with Crippen LogP contribution in [0.3, 0.4) is 0 Å². The Bertz CT molecular complexity index is 5400. The van der Waals surface area contributed by atoms with Gasteiger partial charge in [-0.3, -0.25) is 4.98 Å². The molecular formula is C89H75Ir2N4O6-3. The van der Waals surface area contributed by atoms with Crippen LogP contribution in [0.2, 0.25) is 0 Å². The van der Waals surface area contributed by atoms with Crippen molar-refractivity contribution >= 4 is 109 Å². The Kier molecular flexibility index (Phi) is 26.3. The topological polar surface area (TPSA) is 159 Å². The van der Waals surface area contributed by atoms with Gasteiger partial charge in [0.2, 0.25) is 0 Å². The van der Waals surface area contributed by atoms with Crippen LogP contribution >= 0.6 is 0 Å². The Hall–Kier alpha value is -10.5. The van der Waals surface area contributed by atoms with Gasteiger partial charge in [-0.05, 0) is 174 Å². The number of aromatic nitrogens is 4. The standard InChI is InChI=1S/2C29H16NO.C13H13N.C13H12N.C2H6O.3CH4O.2Ir/c2*1-3-9-21-19(7-1)20-8-2-4-10-22(20)24-17-29-26(16-23(21)24)25-15-18(12-13-28(25)31-29)27-11-5-6-14-30-27;2*1-10-6-7-12(9-11(10)2)13-5-3-4-8-14-13;1-2-3;3*1-2;;/h2*1-11,13-17H;3-9H,1-2H3;3-6,8-9H,1-2H3;3H,2H2,1H3;3*2H,1H3;;/q2*-1;;-1;;;;;;. The van der Waals surface area contributed by atoms with Crippen LogP contribution < -0.4 is 0 Å². The molecule has 6 heterocycles. The molecule has 0 aliphatic carbocycles. The third kappa shape index (κ3) is 16.2. The molecule has 10 nitrogen and oxygen atoms in total. The second-order valence-electron chi connectivity index (χ2n) is 23.1. The Morgan fingerprint density at radius 1 is 0.277 bits per heavy atom. The van der Waals surface area contributed by atoms with Crippen molar-refractivity contribution in [3.05, 3.63) is 314 Å². The van der Waals surface area contributed by atoms with Gasteiger partial charge in [-0.2, -0.15) is 0 Å². The Balaban J connectivity index is 0.000000158. The van der Waals surface area contributed by atoms with Crippen molar-refractivity contribution in [1.82, 2.24) is 19.9 Å². The molecule has 0 bridgehead atoms. The second-order valence-corrected chi connectivity index (χ2v) is 23.1. The van der Waals surface area contributed by atoms with E-state index in [1.165, 1.54) is 92.5 Å². The average Bonchev–Trinajstić information content (AvgIpc) is 1.72. The van der Waals surface area contributed by atoms with Gasteiger partial charge in [0.15, 0.2) is 0 Å². The summed E-state index contributed by atoms with van der Waals surface area (Å²) in [5.41, 5.74) is 16.7. The number of aryl methyl sites for hydroxylation is 4. The first kappa shape index (κ1) is 74.8. The van der Waals surface area contributed by atoms with E-state index in [1.54, 1.807) is 13.1 Å². The number of hydrogen-bond acceptors (Lipinski definition) is 10. The van der Waals surface area contributed by atoms with E-state index in [-0.39, 0.29) is 46.8 Å². The maximum Gasteiger partial charge on any atom is 0.121 e. The molecule has 0 atom stereocenters. The van der Waals surface area contributed by atoms with Crippen LogP contribution in [0.5, 0.6) is 0 Å². The van der Waals surface area contributed by atoms with E-state index >= 15 is 0 Å². The molecule has 12 heteroatoms. The van der Waals surface area contributed by atoms with Gasteiger partial charge in [-0.25, -0.2) is 0 Å². The molecule has 0 aliphatic rings. The Labute approximate surface area is 615 Å². The van der Waals surface area contributed by atoms with Crippen molar-refractivity contribution in [1.29, 1.82) is 0 Å². The van der Waals surface area contributed by atoms with E-state index in [1.807, 2.05) is 110 Å². The summed E-state index contributed by atoms with van der Waals surface area (Å²) in [4.78, 5) is 17.6. The summed E-state index contributed by atoms with van der Waals surface area (Å²) >= 11 is 0.